The molecule has 68 valence electrons. The molecule has 6 heteroatoms. The number of nitrogens with one attached hydrogen (secondary N) is 2. The van der Waals surface area contributed by atoms with Crippen molar-refractivity contribution in [3.8, 4) is 0 Å². The smallest absolute Gasteiger partial charge is 0.222 e. The van der Waals surface area contributed by atoms with E-state index in [1.165, 1.54) is 0 Å². The first-order valence-corrected chi connectivity index (χ1v) is 4.65. The average molecular weight is 332 g/mol. The van der Waals surface area contributed by atoms with Gasteiger partial charge in [0.05, 0.1) is 10.8 Å². The molecule has 0 atom stereocenters. The second kappa shape index (κ2) is 11.2. The van der Waals surface area contributed by atoms with Gasteiger partial charge in [-0.05, 0) is 0 Å². The van der Waals surface area contributed by atoms with Crippen LogP contribution in [0.1, 0.15) is 0 Å². The van der Waals surface area contributed by atoms with E-state index in [1.54, 1.807) is 22.7 Å². The normalized spacial score (nSPS) is 6.67. The first-order valence-electron chi connectivity index (χ1n) is 2.76. The molecular formula is C6H8Br2N2S2. The van der Waals surface area contributed by atoms with Gasteiger partial charge in [-0.1, -0.05) is 22.7 Å². The van der Waals surface area contributed by atoms with Crippen molar-refractivity contribution in [3.63, 3.8) is 0 Å². The molecule has 0 fully saturated rings. The van der Waals surface area contributed by atoms with E-state index in [4.69, 9.17) is 0 Å². The van der Waals surface area contributed by atoms with Crippen LogP contribution in [0.15, 0.2) is 34.2 Å². The molecule has 2 nitrogen and oxygen atoms in total. The van der Waals surface area contributed by atoms with Gasteiger partial charge in [0, 0.05) is 0 Å². The van der Waals surface area contributed by atoms with Gasteiger partial charge in [-0.3, -0.25) is 0 Å². The third-order valence-electron chi connectivity index (χ3n) is 0.758. The number of aromatic nitrogens is 2. The second-order valence-electron chi connectivity index (χ2n) is 1.45. The molecule has 0 saturated carbocycles. The summed E-state index contributed by atoms with van der Waals surface area (Å²) in [5.41, 5.74) is 3.83. The summed E-state index contributed by atoms with van der Waals surface area (Å²) >= 11 is 3.31. The van der Waals surface area contributed by atoms with E-state index in [-0.39, 0.29) is 34.0 Å². The number of thiazole rings is 2. The van der Waals surface area contributed by atoms with Gasteiger partial charge in [-0.25, -0.2) is 9.97 Å². The Labute approximate surface area is 100 Å². The van der Waals surface area contributed by atoms with Gasteiger partial charge in [-0.15, -0.1) is 0 Å². The fraction of sp³-hybridized carbons (Fsp3) is 0. The second-order valence-corrected chi connectivity index (χ2v) is 3.01. The van der Waals surface area contributed by atoms with Crippen LogP contribution in [0.2, 0.25) is 0 Å². The van der Waals surface area contributed by atoms with Gasteiger partial charge in [0.25, 0.3) is 0 Å². The Morgan fingerprint density at radius 2 is 1.17 bits per heavy atom. The summed E-state index contributed by atoms with van der Waals surface area (Å²) in [7, 11) is 0. The minimum absolute atomic E-state index is 0. The molecule has 12 heavy (non-hydrogen) atoms. The minimum atomic E-state index is 0. The molecule has 0 aromatic carbocycles. The first-order chi connectivity index (χ1) is 5.00. The van der Waals surface area contributed by atoms with Gasteiger partial charge in [0.15, 0.2) is 12.4 Å². The molecule has 0 unspecified atom stereocenters. The summed E-state index contributed by atoms with van der Waals surface area (Å²) in [6, 6.07) is 0. The first kappa shape index (κ1) is 14.7. The van der Waals surface area contributed by atoms with Crippen LogP contribution >= 0.6 is 22.7 Å². The van der Waals surface area contributed by atoms with Crippen LogP contribution in [0, 0.1) is 0 Å². The molecule has 2 rings (SSSR count). The lowest BCUT2D eigenvalue weighted by Gasteiger charge is -1.32. The van der Waals surface area contributed by atoms with Gasteiger partial charge in [0.2, 0.25) is 11.0 Å². The highest BCUT2D eigenvalue weighted by atomic mass is 79.9. The van der Waals surface area contributed by atoms with E-state index in [0.717, 1.165) is 0 Å². The Kier molecular flexibility index (Phi) is 13.8. The zero-order valence-electron chi connectivity index (χ0n) is 6.04. The summed E-state index contributed by atoms with van der Waals surface area (Å²) in [5, 5.41) is 3.97. The summed E-state index contributed by atoms with van der Waals surface area (Å²) in [5.74, 6) is 0. The minimum Gasteiger partial charge on any atom is -1.00 e. The molecule has 2 aromatic rings. The van der Waals surface area contributed by atoms with Crippen molar-refractivity contribution in [2.45, 2.75) is 0 Å². The maximum Gasteiger partial charge on any atom is 0.222 e. The fourth-order valence-corrected chi connectivity index (χ4v) is 1.18. The lowest BCUT2D eigenvalue weighted by Crippen LogP contribution is -3.00. The summed E-state index contributed by atoms with van der Waals surface area (Å²) in [6.07, 6.45) is 3.79. The molecule has 2 heterocycles. The van der Waals surface area contributed by atoms with Gasteiger partial charge in [0.1, 0.15) is 0 Å². The van der Waals surface area contributed by atoms with Crippen molar-refractivity contribution >= 4 is 22.7 Å². The monoisotopic (exact) mass is 330 g/mol. The van der Waals surface area contributed by atoms with Crippen molar-refractivity contribution in [2.24, 2.45) is 0 Å². The van der Waals surface area contributed by atoms with Crippen LogP contribution in [0.3, 0.4) is 0 Å². The lowest BCUT2D eigenvalue weighted by molar-refractivity contribution is -0.370. The van der Waals surface area contributed by atoms with Crippen LogP contribution in [0.5, 0.6) is 0 Å². The van der Waals surface area contributed by atoms with Crippen molar-refractivity contribution in [1.29, 1.82) is 0 Å². The van der Waals surface area contributed by atoms with Crippen molar-refractivity contribution in [2.75, 3.05) is 0 Å². The van der Waals surface area contributed by atoms with Crippen LogP contribution in [0.25, 0.3) is 0 Å². The van der Waals surface area contributed by atoms with E-state index in [1.807, 2.05) is 34.2 Å². The SMILES string of the molecule is [Br-].[Br-].c1csc[nH+]1.c1csc[nH+]1. The molecule has 2 aromatic heterocycles. The Morgan fingerprint density at radius 3 is 1.25 bits per heavy atom. The van der Waals surface area contributed by atoms with Crippen LogP contribution < -0.4 is 43.9 Å². The lowest BCUT2D eigenvalue weighted by atomic mass is 11.0. The van der Waals surface area contributed by atoms with Crippen molar-refractivity contribution in [3.05, 3.63) is 34.2 Å². The summed E-state index contributed by atoms with van der Waals surface area (Å²) in [4.78, 5) is 5.76. The highest BCUT2D eigenvalue weighted by molar-refractivity contribution is 7.07. The van der Waals surface area contributed by atoms with E-state index in [0.29, 0.717) is 0 Å². The van der Waals surface area contributed by atoms with Crippen LogP contribution in [-0.2, 0) is 0 Å². The zero-order valence-corrected chi connectivity index (χ0v) is 10.8. The Hall–Kier alpha value is 0.220. The van der Waals surface area contributed by atoms with Crippen molar-refractivity contribution < 1.29 is 43.9 Å². The van der Waals surface area contributed by atoms with E-state index in [2.05, 4.69) is 9.97 Å². The molecule has 0 spiro atoms. The van der Waals surface area contributed by atoms with E-state index >= 15 is 0 Å². The van der Waals surface area contributed by atoms with E-state index < -0.39 is 0 Å². The topological polar surface area (TPSA) is 28.3 Å². The molecule has 0 saturated heterocycles. The molecular weight excluding hydrogens is 324 g/mol. The molecule has 0 aliphatic carbocycles. The zero-order chi connectivity index (χ0) is 7.07. The Balaban J connectivity index is 0. The molecule has 0 bridgehead atoms. The Bertz CT molecular complexity index is 161. The standard InChI is InChI=1S/2C3H3NS.2BrH/c2*1-2-5-3-4-1;;/h2*1-3H;2*1H. The quantitative estimate of drug-likeness (QED) is 0.463. The number of rotatable bonds is 0. The molecule has 0 aliphatic rings. The third kappa shape index (κ3) is 8.32. The number of halogens is 2. The number of aromatic amines is 2. The van der Waals surface area contributed by atoms with Gasteiger partial charge < -0.3 is 34.0 Å². The predicted molar refractivity (Wildman–Crippen MR) is 41.7 cm³/mol. The van der Waals surface area contributed by atoms with Crippen molar-refractivity contribution in [1.82, 2.24) is 0 Å². The number of hydrogen-bond acceptors (Lipinski definition) is 2. The fourth-order valence-electron chi connectivity index (χ4n) is 0.393. The Morgan fingerprint density at radius 1 is 0.750 bits per heavy atom. The average Bonchev–Trinajstić information content (AvgIpc) is 2.67. The molecule has 0 aliphatic heterocycles. The number of H-pyrrole nitrogens is 2. The highest BCUT2D eigenvalue weighted by Gasteiger charge is 1.68. The molecule has 0 amide bonds. The maximum atomic E-state index is 2.88. The predicted octanol–water partition coefficient (Wildman–Crippen LogP) is -4.87. The van der Waals surface area contributed by atoms with Gasteiger partial charge in [-0.2, -0.15) is 0 Å². The summed E-state index contributed by atoms with van der Waals surface area (Å²) < 4.78 is 0. The highest BCUT2D eigenvalue weighted by Crippen LogP contribution is 1.81. The molecule has 2 N–H and O–H groups in total. The molecule has 0 radical (unpaired) electrons. The van der Waals surface area contributed by atoms with Crippen LogP contribution in [-0.4, -0.2) is 0 Å². The number of hydrogen-bond donors (Lipinski definition) is 0. The third-order valence-corrected chi connectivity index (χ3v) is 1.89. The van der Waals surface area contributed by atoms with Gasteiger partial charge >= 0.3 is 0 Å². The largest absolute Gasteiger partial charge is 1.00 e. The summed E-state index contributed by atoms with van der Waals surface area (Å²) in [6.45, 7) is 0. The maximum absolute atomic E-state index is 2.88. The van der Waals surface area contributed by atoms with Crippen LogP contribution in [0.4, 0.5) is 0 Å². The van der Waals surface area contributed by atoms with E-state index in [9.17, 15) is 0 Å².